The molecule has 1 aromatic heterocycles. The second-order valence-corrected chi connectivity index (χ2v) is 4.15. The van der Waals surface area contributed by atoms with Gasteiger partial charge in [0, 0.05) is 5.39 Å². The van der Waals surface area contributed by atoms with Gasteiger partial charge in [0.1, 0.15) is 10.7 Å². The number of pyridine rings is 1. The summed E-state index contributed by atoms with van der Waals surface area (Å²) in [5, 5.41) is 10.9. The molecule has 0 atom stereocenters. The fourth-order valence-electron chi connectivity index (χ4n) is 1.13. The van der Waals surface area contributed by atoms with Crippen LogP contribution in [-0.2, 0) is 0 Å². The number of hydrogen-bond acceptors (Lipinski definition) is 2. The molecule has 0 fully saturated rings. The van der Waals surface area contributed by atoms with E-state index in [1.165, 1.54) is 0 Å². The van der Waals surface area contributed by atoms with Crippen LogP contribution in [0.5, 0.6) is 5.75 Å². The molecule has 3 N–H and O–H groups in total. The first-order chi connectivity index (χ1) is 6.18. The molecule has 0 unspecified atom stereocenters. The first-order valence-electron chi connectivity index (χ1n) is 3.62. The monoisotopic (exact) mass is 323 g/mol. The number of phenols is 1. The molecule has 0 amide bonds. The van der Waals surface area contributed by atoms with Gasteiger partial charge in [-0.1, -0.05) is 17.7 Å². The Bertz CT molecular complexity index is 470. The minimum absolute atomic E-state index is 0. The van der Waals surface area contributed by atoms with Crippen molar-refractivity contribution in [2.45, 2.75) is 0 Å². The van der Waals surface area contributed by atoms with Crippen molar-refractivity contribution in [1.29, 1.82) is 0 Å². The predicted octanol–water partition coefficient (Wildman–Crippen LogP) is 2.37. The van der Waals surface area contributed by atoms with Crippen molar-refractivity contribution >= 4 is 45.1 Å². The lowest BCUT2D eigenvalue weighted by Gasteiger charge is -2.01. The highest BCUT2D eigenvalue weighted by Gasteiger charge is 2.05. The lowest BCUT2D eigenvalue weighted by Crippen LogP contribution is -1.82. The molecule has 0 saturated carbocycles. The molecular formula is C9H7ClINO2. The van der Waals surface area contributed by atoms with Crippen LogP contribution in [0.4, 0.5) is 0 Å². The highest BCUT2D eigenvalue weighted by molar-refractivity contribution is 14.1. The average molecular weight is 324 g/mol. The fourth-order valence-corrected chi connectivity index (χ4v) is 1.71. The SMILES string of the molecule is O.Oc1c(I)ccc2ccc(Cl)nc12. The molecule has 0 aliphatic heterocycles. The fraction of sp³-hybridized carbons (Fsp3) is 0. The third kappa shape index (κ3) is 1.92. The third-order valence-electron chi connectivity index (χ3n) is 1.75. The molecule has 0 radical (unpaired) electrons. The number of benzene rings is 1. The van der Waals surface area contributed by atoms with Gasteiger partial charge in [-0.05, 0) is 40.8 Å². The quantitative estimate of drug-likeness (QED) is 0.597. The number of fused-ring (bicyclic) bond motifs is 1. The van der Waals surface area contributed by atoms with E-state index in [0.29, 0.717) is 10.7 Å². The lowest BCUT2D eigenvalue weighted by molar-refractivity contribution is 0.476. The first-order valence-corrected chi connectivity index (χ1v) is 5.08. The molecule has 0 aliphatic rings. The van der Waals surface area contributed by atoms with Crippen molar-refractivity contribution in [2.75, 3.05) is 0 Å². The first kappa shape index (κ1) is 11.5. The predicted molar refractivity (Wildman–Crippen MR) is 64.7 cm³/mol. The summed E-state index contributed by atoms with van der Waals surface area (Å²) in [6, 6.07) is 7.28. The average Bonchev–Trinajstić information content (AvgIpc) is 2.12. The summed E-state index contributed by atoms with van der Waals surface area (Å²) in [7, 11) is 0. The minimum atomic E-state index is 0. The third-order valence-corrected chi connectivity index (χ3v) is 2.83. The Labute approximate surface area is 99.2 Å². The van der Waals surface area contributed by atoms with E-state index in [1.54, 1.807) is 6.07 Å². The number of nitrogens with zero attached hydrogens (tertiary/aromatic N) is 1. The molecule has 5 heteroatoms. The van der Waals surface area contributed by atoms with Crippen LogP contribution in [0, 0.1) is 3.57 Å². The summed E-state index contributed by atoms with van der Waals surface area (Å²) in [6.07, 6.45) is 0. The van der Waals surface area contributed by atoms with E-state index >= 15 is 0 Å². The number of phenolic OH excluding ortho intramolecular Hbond substituents is 1. The topological polar surface area (TPSA) is 64.6 Å². The number of hydrogen-bond donors (Lipinski definition) is 1. The molecule has 14 heavy (non-hydrogen) atoms. The van der Waals surface area contributed by atoms with Gasteiger partial charge in [-0.15, -0.1) is 0 Å². The smallest absolute Gasteiger partial charge is 0.155 e. The van der Waals surface area contributed by atoms with Crippen LogP contribution in [0.3, 0.4) is 0 Å². The van der Waals surface area contributed by atoms with Crippen molar-refractivity contribution in [3.05, 3.63) is 33.0 Å². The van der Waals surface area contributed by atoms with Crippen LogP contribution in [0.15, 0.2) is 24.3 Å². The summed E-state index contributed by atoms with van der Waals surface area (Å²) in [5.41, 5.74) is 0.555. The Morgan fingerprint density at radius 3 is 2.57 bits per heavy atom. The van der Waals surface area contributed by atoms with E-state index in [4.69, 9.17) is 11.6 Å². The van der Waals surface area contributed by atoms with E-state index in [9.17, 15) is 5.11 Å². The standard InChI is InChI=1S/C9H5ClINO.H2O/c10-7-4-2-5-1-3-6(11)9(13)8(5)12-7;/h1-4,13H;1H2. The van der Waals surface area contributed by atoms with Crippen LogP contribution in [0.1, 0.15) is 0 Å². The van der Waals surface area contributed by atoms with Gasteiger partial charge < -0.3 is 10.6 Å². The molecule has 2 aromatic rings. The molecule has 1 heterocycles. The maximum atomic E-state index is 9.65. The number of halogens is 2. The Balaban J connectivity index is 0.000000980. The summed E-state index contributed by atoms with van der Waals surface area (Å²) in [6.45, 7) is 0. The van der Waals surface area contributed by atoms with Crippen molar-refractivity contribution in [1.82, 2.24) is 4.98 Å². The van der Waals surface area contributed by atoms with Gasteiger partial charge in [-0.2, -0.15) is 0 Å². The van der Waals surface area contributed by atoms with Gasteiger partial charge in [-0.3, -0.25) is 0 Å². The zero-order chi connectivity index (χ0) is 9.42. The molecule has 0 spiro atoms. The molecular weight excluding hydrogens is 316 g/mol. The molecule has 0 bridgehead atoms. The summed E-state index contributed by atoms with van der Waals surface area (Å²) < 4.78 is 0.778. The minimum Gasteiger partial charge on any atom is -0.505 e. The zero-order valence-corrected chi connectivity index (χ0v) is 9.87. The lowest BCUT2D eigenvalue weighted by atomic mass is 10.2. The normalized spacial score (nSPS) is 9.86. The maximum absolute atomic E-state index is 9.65. The van der Waals surface area contributed by atoms with E-state index in [1.807, 2.05) is 18.2 Å². The van der Waals surface area contributed by atoms with E-state index in [-0.39, 0.29) is 11.2 Å². The Morgan fingerprint density at radius 1 is 1.21 bits per heavy atom. The molecule has 0 aliphatic carbocycles. The summed E-state index contributed by atoms with van der Waals surface area (Å²) in [5.74, 6) is 0.195. The Hall–Kier alpha value is -0.590. The van der Waals surface area contributed by atoms with Crippen LogP contribution >= 0.6 is 34.2 Å². The van der Waals surface area contributed by atoms with Crippen molar-refractivity contribution in [3.63, 3.8) is 0 Å². The molecule has 74 valence electrons. The van der Waals surface area contributed by atoms with Crippen LogP contribution < -0.4 is 0 Å². The van der Waals surface area contributed by atoms with Crippen LogP contribution in [0.25, 0.3) is 10.9 Å². The van der Waals surface area contributed by atoms with Crippen molar-refractivity contribution < 1.29 is 10.6 Å². The number of aromatic hydroxyl groups is 1. The number of aromatic nitrogens is 1. The van der Waals surface area contributed by atoms with Gasteiger partial charge >= 0.3 is 0 Å². The number of rotatable bonds is 0. The van der Waals surface area contributed by atoms with Gasteiger partial charge in [0.05, 0.1) is 3.57 Å². The van der Waals surface area contributed by atoms with Gasteiger partial charge in [-0.25, -0.2) is 4.98 Å². The highest BCUT2D eigenvalue weighted by Crippen LogP contribution is 2.28. The van der Waals surface area contributed by atoms with E-state index in [0.717, 1.165) is 8.96 Å². The van der Waals surface area contributed by atoms with Crippen LogP contribution in [0.2, 0.25) is 5.15 Å². The molecule has 3 nitrogen and oxygen atoms in total. The molecule has 1 aromatic carbocycles. The van der Waals surface area contributed by atoms with Gasteiger partial charge in [0.2, 0.25) is 0 Å². The zero-order valence-electron chi connectivity index (χ0n) is 6.96. The van der Waals surface area contributed by atoms with Crippen molar-refractivity contribution in [3.8, 4) is 5.75 Å². The second kappa shape index (κ2) is 4.29. The van der Waals surface area contributed by atoms with E-state index in [2.05, 4.69) is 27.6 Å². The Kier molecular flexibility index (Phi) is 3.52. The molecule has 2 rings (SSSR count). The largest absolute Gasteiger partial charge is 0.505 e. The van der Waals surface area contributed by atoms with Gasteiger partial charge in [0.15, 0.2) is 5.75 Å². The maximum Gasteiger partial charge on any atom is 0.155 e. The highest BCUT2D eigenvalue weighted by atomic mass is 127. The summed E-state index contributed by atoms with van der Waals surface area (Å²) >= 11 is 7.77. The molecule has 0 saturated heterocycles. The Morgan fingerprint density at radius 2 is 1.86 bits per heavy atom. The second-order valence-electron chi connectivity index (χ2n) is 2.60. The summed E-state index contributed by atoms with van der Waals surface area (Å²) in [4.78, 5) is 4.05. The van der Waals surface area contributed by atoms with Gasteiger partial charge in [0.25, 0.3) is 0 Å². The van der Waals surface area contributed by atoms with Crippen molar-refractivity contribution in [2.24, 2.45) is 0 Å². The van der Waals surface area contributed by atoms with E-state index < -0.39 is 0 Å². The van der Waals surface area contributed by atoms with Crippen LogP contribution in [-0.4, -0.2) is 15.6 Å².